The lowest BCUT2D eigenvalue weighted by Crippen LogP contribution is -2.42. The maximum absolute atomic E-state index is 13.9. The molecule has 3 aromatic rings. The van der Waals surface area contributed by atoms with Crippen molar-refractivity contribution in [1.29, 1.82) is 0 Å². The minimum atomic E-state index is -0.832. The maximum atomic E-state index is 13.9. The van der Waals surface area contributed by atoms with Gasteiger partial charge in [0.2, 0.25) is 5.91 Å². The van der Waals surface area contributed by atoms with Crippen LogP contribution in [-0.2, 0) is 16.6 Å². The number of carbonyl (C=O) groups excluding carboxylic acids is 3. The predicted molar refractivity (Wildman–Crippen MR) is 121 cm³/mol. The Morgan fingerprint density at radius 2 is 1.69 bits per heavy atom. The molecular formula is C27H22N2O3. The standard InChI is InChI=1S/C27H22N2O3/c30-23-14-13-18-19(23)9-6-10-20(18)25(31)29-16-15-27(24(29)17-7-2-1-3-8-17)21-11-4-5-12-22(21)28-26(27)32/h1-12,24H,13-16H2,(H,28,32)/t24-,27+/m0/s1. The van der Waals surface area contributed by atoms with E-state index >= 15 is 0 Å². The van der Waals surface area contributed by atoms with Crippen LogP contribution in [0.1, 0.15) is 56.3 Å². The number of carbonyl (C=O) groups is 3. The average Bonchev–Trinajstić information content (AvgIpc) is 3.49. The van der Waals surface area contributed by atoms with Gasteiger partial charge < -0.3 is 10.2 Å². The lowest BCUT2D eigenvalue weighted by atomic mass is 9.72. The van der Waals surface area contributed by atoms with Crippen LogP contribution in [0.2, 0.25) is 0 Å². The molecule has 1 N–H and O–H groups in total. The van der Waals surface area contributed by atoms with Crippen molar-refractivity contribution in [2.75, 3.05) is 11.9 Å². The molecule has 6 rings (SSSR count). The first kappa shape index (κ1) is 19.0. The molecule has 0 radical (unpaired) electrons. The second kappa shape index (κ2) is 6.89. The Balaban J connectivity index is 1.51. The number of benzene rings is 3. The fourth-order valence-electron chi connectivity index (χ4n) is 5.85. The SMILES string of the molecule is O=C1CCc2c1cccc2C(=O)N1CC[C@]2(C(=O)Nc3ccccc32)[C@@H]1c1ccccc1. The number of nitrogens with one attached hydrogen (secondary N) is 1. The minimum Gasteiger partial charge on any atom is -0.330 e. The molecule has 2 atom stereocenters. The van der Waals surface area contributed by atoms with Gasteiger partial charge in [0, 0.05) is 29.8 Å². The van der Waals surface area contributed by atoms with Gasteiger partial charge in [-0.1, -0.05) is 60.7 Å². The van der Waals surface area contributed by atoms with Gasteiger partial charge in [0.15, 0.2) is 5.78 Å². The van der Waals surface area contributed by atoms with Crippen molar-refractivity contribution < 1.29 is 14.4 Å². The van der Waals surface area contributed by atoms with Crippen LogP contribution in [0.3, 0.4) is 0 Å². The van der Waals surface area contributed by atoms with Crippen molar-refractivity contribution in [3.8, 4) is 0 Å². The highest BCUT2D eigenvalue weighted by Gasteiger charge is 2.59. The fourth-order valence-corrected chi connectivity index (χ4v) is 5.85. The topological polar surface area (TPSA) is 66.5 Å². The monoisotopic (exact) mass is 422 g/mol. The predicted octanol–water partition coefficient (Wildman–Crippen LogP) is 4.29. The van der Waals surface area contributed by atoms with Crippen molar-refractivity contribution in [1.82, 2.24) is 4.90 Å². The summed E-state index contributed by atoms with van der Waals surface area (Å²) in [6.45, 7) is 0.470. The third kappa shape index (κ3) is 2.48. The highest BCUT2D eigenvalue weighted by atomic mass is 16.2. The summed E-state index contributed by atoms with van der Waals surface area (Å²) in [6, 6.07) is 22.6. The molecule has 1 spiro atoms. The van der Waals surface area contributed by atoms with Crippen molar-refractivity contribution in [3.05, 3.63) is 101 Å². The van der Waals surface area contributed by atoms with E-state index in [1.165, 1.54) is 0 Å². The highest BCUT2D eigenvalue weighted by Crippen LogP contribution is 2.55. The van der Waals surface area contributed by atoms with E-state index in [-0.39, 0.29) is 17.6 Å². The summed E-state index contributed by atoms with van der Waals surface area (Å²) in [6.07, 6.45) is 1.59. The molecule has 0 bridgehead atoms. The first-order chi connectivity index (χ1) is 15.6. The second-order valence-electron chi connectivity index (χ2n) is 8.79. The third-order valence-corrected chi connectivity index (χ3v) is 7.27. The first-order valence-corrected chi connectivity index (χ1v) is 11.0. The van der Waals surface area contributed by atoms with Crippen LogP contribution in [0, 0.1) is 0 Å². The lowest BCUT2D eigenvalue weighted by Gasteiger charge is -2.34. The number of nitrogens with zero attached hydrogens (tertiary/aromatic N) is 1. The smallest absolute Gasteiger partial charge is 0.254 e. The maximum Gasteiger partial charge on any atom is 0.254 e. The molecule has 2 heterocycles. The highest BCUT2D eigenvalue weighted by molar-refractivity contribution is 6.09. The molecule has 0 aromatic heterocycles. The Hall–Kier alpha value is -3.73. The van der Waals surface area contributed by atoms with E-state index in [0.29, 0.717) is 36.9 Å². The largest absolute Gasteiger partial charge is 0.330 e. The van der Waals surface area contributed by atoms with Gasteiger partial charge in [-0.3, -0.25) is 14.4 Å². The number of para-hydroxylation sites is 1. The summed E-state index contributed by atoms with van der Waals surface area (Å²) in [5, 5.41) is 3.06. The third-order valence-electron chi connectivity index (χ3n) is 7.27. The number of likely N-dealkylation sites (tertiary alicyclic amines) is 1. The molecule has 1 saturated heterocycles. The molecule has 5 nitrogen and oxygen atoms in total. The Morgan fingerprint density at radius 1 is 0.906 bits per heavy atom. The van der Waals surface area contributed by atoms with E-state index in [9.17, 15) is 14.4 Å². The summed E-state index contributed by atoms with van der Waals surface area (Å²) in [4.78, 5) is 41.5. The molecule has 3 aromatic carbocycles. The molecule has 3 aliphatic rings. The molecule has 1 fully saturated rings. The van der Waals surface area contributed by atoms with Crippen molar-refractivity contribution in [2.45, 2.75) is 30.7 Å². The van der Waals surface area contributed by atoms with Crippen molar-refractivity contribution in [3.63, 3.8) is 0 Å². The van der Waals surface area contributed by atoms with Gasteiger partial charge >= 0.3 is 0 Å². The molecule has 5 heteroatoms. The lowest BCUT2D eigenvalue weighted by molar-refractivity contribution is -0.121. The van der Waals surface area contributed by atoms with Crippen LogP contribution in [0.25, 0.3) is 0 Å². The average molecular weight is 422 g/mol. The van der Waals surface area contributed by atoms with Gasteiger partial charge in [-0.2, -0.15) is 0 Å². The molecule has 0 saturated carbocycles. The van der Waals surface area contributed by atoms with E-state index in [1.807, 2.05) is 71.6 Å². The molecular weight excluding hydrogens is 400 g/mol. The first-order valence-electron chi connectivity index (χ1n) is 11.0. The summed E-state index contributed by atoms with van der Waals surface area (Å²) in [5.74, 6) is -0.0768. The number of fused-ring (bicyclic) bond motifs is 3. The molecule has 1 aliphatic carbocycles. The fraction of sp³-hybridized carbons (Fsp3) is 0.222. The summed E-state index contributed by atoms with van der Waals surface area (Å²) >= 11 is 0. The van der Waals surface area contributed by atoms with Crippen molar-refractivity contribution in [2.24, 2.45) is 0 Å². The van der Waals surface area contributed by atoms with Crippen LogP contribution >= 0.6 is 0 Å². The van der Waals surface area contributed by atoms with Gasteiger partial charge in [-0.15, -0.1) is 0 Å². The normalized spacial score (nSPS) is 23.4. The Bertz CT molecular complexity index is 1280. The quantitative estimate of drug-likeness (QED) is 0.670. The van der Waals surface area contributed by atoms with Gasteiger partial charge in [0.05, 0.1) is 6.04 Å². The summed E-state index contributed by atoms with van der Waals surface area (Å²) in [5.41, 5.74) is 3.95. The van der Waals surface area contributed by atoms with Crippen molar-refractivity contribution >= 4 is 23.3 Å². The Labute approximate surface area is 186 Å². The number of amides is 2. The molecule has 2 aliphatic heterocycles. The molecule has 32 heavy (non-hydrogen) atoms. The van der Waals surface area contributed by atoms with E-state index in [1.54, 1.807) is 6.07 Å². The van der Waals surface area contributed by atoms with Crippen LogP contribution < -0.4 is 5.32 Å². The van der Waals surface area contributed by atoms with Crippen LogP contribution in [-0.4, -0.2) is 29.0 Å². The van der Waals surface area contributed by atoms with Crippen LogP contribution in [0.4, 0.5) is 5.69 Å². The number of Topliss-reactive ketones (excluding diaryl/α,β-unsaturated/α-hetero) is 1. The second-order valence-corrected chi connectivity index (χ2v) is 8.79. The number of hydrogen-bond acceptors (Lipinski definition) is 3. The minimum absolute atomic E-state index is 0.0590. The molecule has 0 unspecified atom stereocenters. The number of rotatable bonds is 2. The zero-order valence-corrected chi connectivity index (χ0v) is 17.5. The number of hydrogen-bond donors (Lipinski definition) is 1. The summed E-state index contributed by atoms with van der Waals surface area (Å²) < 4.78 is 0. The number of ketones is 1. The molecule has 2 amide bonds. The van der Waals surface area contributed by atoms with E-state index < -0.39 is 11.5 Å². The zero-order chi connectivity index (χ0) is 21.9. The van der Waals surface area contributed by atoms with E-state index in [4.69, 9.17) is 0 Å². The number of anilines is 1. The van der Waals surface area contributed by atoms with E-state index in [2.05, 4.69) is 5.32 Å². The van der Waals surface area contributed by atoms with Gasteiger partial charge in [0.25, 0.3) is 5.91 Å². The Morgan fingerprint density at radius 3 is 2.53 bits per heavy atom. The van der Waals surface area contributed by atoms with Gasteiger partial charge in [-0.05, 0) is 41.7 Å². The van der Waals surface area contributed by atoms with Crippen LogP contribution in [0.15, 0.2) is 72.8 Å². The van der Waals surface area contributed by atoms with Gasteiger partial charge in [0.1, 0.15) is 5.41 Å². The van der Waals surface area contributed by atoms with E-state index in [0.717, 1.165) is 22.4 Å². The zero-order valence-electron chi connectivity index (χ0n) is 17.5. The van der Waals surface area contributed by atoms with Gasteiger partial charge in [-0.25, -0.2) is 0 Å². The van der Waals surface area contributed by atoms with Crippen LogP contribution in [0.5, 0.6) is 0 Å². The molecule has 158 valence electrons. The summed E-state index contributed by atoms with van der Waals surface area (Å²) in [7, 11) is 0. The Kier molecular flexibility index (Phi) is 4.09.